The van der Waals surface area contributed by atoms with Gasteiger partial charge in [-0.2, -0.15) is 11.8 Å². The molecule has 0 bridgehead atoms. The van der Waals surface area contributed by atoms with Crippen molar-refractivity contribution in [1.82, 2.24) is 10.6 Å². The van der Waals surface area contributed by atoms with Gasteiger partial charge in [-0.15, -0.1) is 0 Å². The summed E-state index contributed by atoms with van der Waals surface area (Å²) in [4.78, 5) is 11.5. The van der Waals surface area contributed by atoms with E-state index in [0.29, 0.717) is 6.42 Å². The third-order valence-corrected chi connectivity index (χ3v) is 3.97. The van der Waals surface area contributed by atoms with E-state index in [2.05, 4.69) is 16.9 Å². The molecule has 3 nitrogen and oxygen atoms in total. The Kier molecular flexibility index (Phi) is 8.53. The molecule has 100 valence electrons. The van der Waals surface area contributed by atoms with Crippen LogP contribution in [0.4, 0.5) is 0 Å². The van der Waals surface area contributed by atoms with Crippen molar-refractivity contribution in [3.63, 3.8) is 0 Å². The van der Waals surface area contributed by atoms with Crippen molar-refractivity contribution in [2.75, 3.05) is 31.6 Å². The van der Waals surface area contributed by atoms with Crippen molar-refractivity contribution >= 4 is 17.7 Å². The van der Waals surface area contributed by atoms with Crippen LogP contribution in [0, 0.1) is 5.92 Å². The minimum atomic E-state index is 0.231. The highest BCUT2D eigenvalue weighted by molar-refractivity contribution is 7.98. The number of rotatable bonds is 8. The SMILES string of the molecule is CSCCCCC(=O)NCCC1CCCNC1. The van der Waals surface area contributed by atoms with Gasteiger partial charge < -0.3 is 10.6 Å². The first-order valence-corrected chi connectivity index (χ1v) is 8.18. The number of hydrogen-bond acceptors (Lipinski definition) is 3. The molecule has 0 aromatic carbocycles. The molecule has 1 aliphatic heterocycles. The smallest absolute Gasteiger partial charge is 0.219 e. The maximum Gasteiger partial charge on any atom is 0.219 e. The van der Waals surface area contributed by atoms with Gasteiger partial charge >= 0.3 is 0 Å². The largest absolute Gasteiger partial charge is 0.356 e. The number of nitrogens with one attached hydrogen (secondary N) is 2. The molecule has 1 heterocycles. The van der Waals surface area contributed by atoms with Crippen LogP contribution in [-0.4, -0.2) is 37.6 Å². The molecule has 1 saturated heterocycles. The van der Waals surface area contributed by atoms with Gasteiger partial charge in [0.15, 0.2) is 0 Å². The highest BCUT2D eigenvalue weighted by Crippen LogP contribution is 2.12. The number of amides is 1. The molecule has 1 fully saturated rings. The number of carbonyl (C=O) groups excluding carboxylic acids is 1. The predicted molar refractivity (Wildman–Crippen MR) is 75.5 cm³/mol. The maximum absolute atomic E-state index is 11.5. The zero-order valence-corrected chi connectivity index (χ0v) is 11.8. The Hall–Kier alpha value is -0.220. The van der Waals surface area contributed by atoms with Crippen LogP contribution in [-0.2, 0) is 4.79 Å². The molecule has 1 unspecified atom stereocenters. The molecule has 17 heavy (non-hydrogen) atoms. The Labute approximate surface area is 109 Å². The van der Waals surface area contributed by atoms with E-state index >= 15 is 0 Å². The standard InChI is InChI=1S/C13H26N2OS/c1-17-10-3-2-6-13(16)15-9-7-12-5-4-8-14-11-12/h12,14H,2-11H2,1H3,(H,15,16). The second-order valence-corrected chi connectivity index (χ2v) is 5.79. The Morgan fingerprint density at radius 1 is 1.47 bits per heavy atom. The maximum atomic E-state index is 11.5. The minimum Gasteiger partial charge on any atom is -0.356 e. The average Bonchev–Trinajstić information content (AvgIpc) is 2.36. The van der Waals surface area contributed by atoms with Gasteiger partial charge in [-0.05, 0) is 63.1 Å². The van der Waals surface area contributed by atoms with Gasteiger partial charge in [0.05, 0.1) is 0 Å². The average molecular weight is 258 g/mol. The Morgan fingerprint density at radius 2 is 2.35 bits per heavy atom. The van der Waals surface area contributed by atoms with Gasteiger partial charge in [-0.1, -0.05) is 0 Å². The van der Waals surface area contributed by atoms with E-state index in [9.17, 15) is 4.79 Å². The van der Waals surface area contributed by atoms with Gasteiger partial charge in [0.1, 0.15) is 0 Å². The van der Waals surface area contributed by atoms with Gasteiger partial charge in [-0.25, -0.2) is 0 Å². The van der Waals surface area contributed by atoms with Crippen molar-refractivity contribution in [2.24, 2.45) is 5.92 Å². The summed E-state index contributed by atoms with van der Waals surface area (Å²) in [6.45, 7) is 3.15. The summed E-state index contributed by atoms with van der Waals surface area (Å²) < 4.78 is 0. The molecule has 0 aliphatic carbocycles. The fourth-order valence-electron chi connectivity index (χ4n) is 2.21. The Balaban J connectivity index is 1.92. The molecule has 4 heteroatoms. The molecule has 1 atom stereocenters. The first-order valence-electron chi connectivity index (χ1n) is 6.79. The van der Waals surface area contributed by atoms with E-state index in [1.165, 1.54) is 18.6 Å². The zero-order valence-electron chi connectivity index (χ0n) is 11.0. The quantitative estimate of drug-likeness (QED) is 0.655. The fourth-order valence-corrected chi connectivity index (χ4v) is 2.70. The van der Waals surface area contributed by atoms with Crippen LogP contribution in [0.25, 0.3) is 0 Å². The second kappa shape index (κ2) is 9.77. The van der Waals surface area contributed by atoms with Crippen LogP contribution in [0.15, 0.2) is 0 Å². The van der Waals surface area contributed by atoms with E-state index in [1.54, 1.807) is 0 Å². The van der Waals surface area contributed by atoms with E-state index in [-0.39, 0.29) is 5.91 Å². The molecule has 1 rings (SSSR count). The highest BCUT2D eigenvalue weighted by atomic mass is 32.2. The first-order chi connectivity index (χ1) is 8.33. The summed E-state index contributed by atoms with van der Waals surface area (Å²) in [6, 6.07) is 0. The van der Waals surface area contributed by atoms with Crippen LogP contribution < -0.4 is 10.6 Å². The molecule has 1 aliphatic rings. The molecule has 0 spiro atoms. The molecule has 0 radical (unpaired) electrons. The summed E-state index contributed by atoms with van der Waals surface area (Å²) in [6.07, 6.45) is 8.72. The van der Waals surface area contributed by atoms with E-state index in [1.807, 2.05) is 11.8 Å². The van der Waals surface area contributed by atoms with Crippen LogP contribution in [0.1, 0.15) is 38.5 Å². The minimum absolute atomic E-state index is 0.231. The topological polar surface area (TPSA) is 41.1 Å². The van der Waals surface area contributed by atoms with Crippen molar-refractivity contribution in [2.45, 2.75) is 38.5 Å². The van der Waals surface area contributed by atoms with Crippen molar-refractivity contribution in [1.29, 1.82) is 0 Å². The number of piperidine rings is 1. The van der Waals surface area contributed by atoms with Crippen molar-refractivity contribution in [3.8, 4) is 0 Å². The number of unbranched alkanes of at least 4 members (excludes halogenated alkanes) is 1. The van der Waals surface area contributed by atoms with Crippen molar-refractivity contribution < 1.29 is 4.79 Å². The highest BCUT2D eigenvalue weighted by Gasteiger charge is 2.12. The molecule has 0 aromatic heterocycles. The lowest BCUT2D eigenvalue weighted by Gasteiger charge is -2.22. The lowest BCUT2D eigenvalue weighted by Crippen LogP contribution is -2.33. The van der Waals surface area contributed by atoms with Crippen LogP contribution in [0.2, 0.25) is 0 Å². The number of thioether (sulfide) groups is 1. The van der Waals surface area contributed by atoms with Crippen LogP contribution in [0.5, 0.6) is 0 Å². The Bertz CT molecular complexity index is 206. The second-order valence-electron chi connectivity index (χ2n) is 4.80. The molecule has 0 aromatic rings. The van der Waals surface area contributed by atoms with E-state index < -0.39 is 0 Å². The first kappa shape index (κ1) is 14.8. The summed E-state index contributed by atoms with van der Waals surface area (Å²) in [5.74, 6) is 2.16. The molecule has 1 amide bonds. The van der Waals surface area contributed by atoms with Crippen LogP contribution >= 0.6 is 11.8 Å². The summed E-state index contributed by atoms with van der Waals surface area (Å²) in [5, 5.41) is 6.44. The number of hydrogen-bond donors (Lipinski definition) is 2. The lowest BCUT2D eigenvalue weighted by molar-refractivity contribution is -0.121. The van der Waals surface area contributed by atoms with E-state index in [4.69, 9.17) is 0 Å². The van der Waals surface area contributed by atoms with Gasteiger partial charge in [0, 0.05) is 13.0 Å². The number of carbonyl (C=O) groups is 1. The zero-order chi connectivity index (χ0) is 12.3. The summed E-state index contributed by atoms with van der Waals surface area (Å²) >= 11 is 1.85. The predicted octanol–water partition coefficient (Wildman–Crippen LogP) is 2.03. The van der Waals surface area contributed by atoms with Gasteiger partial charge in [0.25, 0.3) is 0 Å². The summed E-state index contributed by atoms with van der Waals surface area (Å²) in [7, 11) is 0. The van der Waals surface area contributed by atoms with Crippen molar-refractivity contribution in [3.05, 3.63) is 0 Å². The normalized spacial score (nSPS) is 20.2. The van der Waals surface area contributed by atoms with E-state index in [0.717, 1.165) is 44.8 Å². The van der Waals surface area contributed by atoms with Crippen LogP contribution in [0.3, 0.4) is 0 Å². The fraction of sp³-hybridized carbons (Fsp3) is 0.923. The molecular weight excluding hydrogens is 232 g/mol. The third kappa shape index (κ3) is 7.66. The lowest BCUT2D eigenvalue weighted by atomic mass is 9.96. The molecular formula is C13H26N2OS. The van der Waals surface area contributed by atoms with Gasteiger partial charge in [0.2, 0.25) is 5.91 Å². The van der Waals surface area contributed by atoms with Gasteiger partial charge in [-0.3, -0.25) is 4.79 Å². The molecule has 2 N–H and O–H groups in total. The monoisotopic (exact) mass is 258 g/mol. The summed E-state index contributed by atoms with van der Waals surface area (Å²) in [5.41, 5.74) is 0. The molecule has 0 saturated carbocycles. The Morgan fingerprint density at radius 3 is 3.06 bits per heavy atom. The third-order valence-electron chi connectivity index (χ3n) is 3.28.